The Balaban J connectivity index is 2.16. The van der Waals surface area contributed by atoms with Gasteiger partial charge in [-0.3, -0.25) is 4.79 Å². The Kier molecular flexibility index (Phi) is 4.73. The summed E-state index contributed by atoms with van der Waals surface area (Å²) in [5.41, 5.74) is 6.18. The van der Waals surface area contributed by atoms with Crippen molar-refractivity contribution in [2.75, 3.05) is 19.5 Å². The van der Waals surface area contributed by atoms with Crippen LogP contribution in [-0.4, -0.2) is 30.3 Å². The fraction of sp³-hybridized carbons (Fsp3) is 0.562. The van der Waals surface area contributed by atoms with Crippen LogP contribution in [0.4, 0.5) is 5.69 Å². The van der Waals surface area contributed by atoms with Gasteiger partial charge in [-0.15, -0.1) is 0 Å². The number of nitrogens with one attached hydrogen (secondary N) is 1. The maximum absolute atomic E-state index is 12.5. The lowest BCUT2D eigenvalue weighted by atomic mass is 9.77. The van der Waals surface area contributed by atoms with E-state index in [1.807, 2.05) is 0 Å². The number of hydrogen-bond acceptors (Lipinski definition) is 4. The molecule has 21 heavy (non-hydrogen) atoms. The number of aliphatic hydroxyl groups is 1. The van der Waals surface area contributed by atoms with E-state index in [1.165, 1.54) is 7.11 Å². The Hall–Kier alpha value is -1.75. The third-order valence-electron chi connectivity index (χ3n) is 4.38. The van der Waals surface area contributed by atoms with E-state index in [0.717, 1.165) is 25.7 Å². The predicted molar refractivity (Wildman–Crippen MR) is 82.3 cm³/mol. The molecular formula is C16H24N2O3. The van der Waals surface area contributed by atoms with Gasteiger partial charge in [0.15, 0.2) is 0 Å². The van der Waals surface area contributed by atoms with Crippen molar-refractivity contribution >= 4 is 11.6 Å². The zero-order chi connectivity index (χ0) is 15.5. The van der Waals surface area contributed by atoms with Gasteiger partial charge in [0, 0.05) is 11.8 Å². The Morgan fingerprint density at radius 1 is 1.48 bits per heavy atom. The highest BCUT2D eigenvalue weighted by atomic mass is 16.5. The molecule has 1 aromatic rings. The number of carbonyl (C=O) groups excluding carboxylic acids is 1. The van der Waals surface area contributed by atoms with Gasteiger partial charge in [-0.25, -0.2) is 0 Å². The minimum atomic E-state index is -0.518. The second-order valence-corrected chi connectivity index (χ2v) is 6.03. The molecule has 0 radical (unpaired) electrons. The minimum absolute atomic E-state index is 0.0389. The van der Waals surface area contributed by atoms with E-state index in [1.54, 1.807) is 18.2 Å². The summed E-state index contributed by atoms with van der Waals surface area (Å²) in [6, 6.07) is 4.95. The molecule has 1 aromatic carbocycles. The van der Waals surface area contributed by atoms with Gasteiger partial charge in [0.05, 0.1) is 24.8 Å². The highest BCUT2D eigenvalue weighted by Gasteiger charge is 2.35. The summed E-state index contributed by atoms with van der Waals surface area (Å²) >= 11 is 0. The summed E-state index contributed by atoms with van der Waals surface area (Å²) in [7, 11) is 1.51. The third-order valence-corrected chi connectivity index (χ3v) is 4.38. The molecule has 1 fully saturated rings. The van der Waals surface area contributed by atoms with Crippen molar-refractivity contribution in [1.82, 2.24) is 5.32 Å². The van der Waals surface area contributed by atoms with Gasteiger partial charge < -0.3 is 20.9 Å². The highest BCUT2D eigenvalue weighted by molar-refractivity contribution is 5.97. The maximum atomic E-state index is 12.5. The van der Waals surface area contributed by atoms with E-state index in [9.17, 15) is 9.90 Å². The van der Waals surface area contributed by atoms with Crippen LogP contribution in [0.5, 0.6) is 5.75 Å². The van der Waals surface area contributed by atoms with Crippen LogP contribution in [0, 0.1) is 5.92 Å². The van der Waals surface area contributed by atoms with Crippen LogP contribution in [0.1, 0.15) is 43.0 Å². The second kappa shape index (κ2) is 6.35. The van der Waals surface area contributed by atoms with Gasteiger partial charge in [-0.2, -0.15) is 0 Å². The van der Waals surface area contributed by atoms with Crippen molar-refractivity contribution in [2.24, 2.45) is 5.92 Å². The number of aliphatic hydroxyl groups excluding tert-OH is 1. The van der Waals surface area contributed by atoms with Gasteiger partial charge in [0.25, 0.3) is 5.91 Å². The Labute approximate surface area is 125 Å². The molecule has 0 aromatic heterocycles. The third kappa shape index (κ3) is 3.47. The number of methoxy groups -OCH3 is 1. The number of ether oxygens (including phenoxy) is 1. The van der Waals surface area contributed by atoms with Crippen molar-refractivity contribution < 1.29 is 14.6 Å². The first-order valence-electron chi connectivity index (χ1n) is 7.36. The van der Waals surface area contributed by atoms with E-state index >= 15 is 0 Å². The molecule has 116 valence electrons. The van der Waals surface area contributed by atoms with E-state index in [4.69, 9.17) is 10.5 Å². The highest BCUT2D eigenvalue weighted by Crippen LogP contribution is 2.32. The van der Waals surface area contributed by atoms with Gasteiger partial charge >= 0.3 is 0 Å². The fourth-order valence-corrected chi connectivity index (χ4v) is 2.84. The number of amides is 1. The number of hydrogen-bond donors (Lipinski definition) is 3. The van der Waals surface area contributed by atoms with Gasteiger partial charge in [-0.05, 0) is 43.7 Å². The molecule has 5 heteroatoms. The molecule has 0 saturated heterocycles. The summed E-state index contributed by atoms with van der Waals surface area (Å²) in [5, 5.41) is 12.7. The Morgan fingerprint density at radius 2 is 2.14 bits per heavy atom. The lowest BCUT2D eigenvalue weighted by molar-refractivity contribution is 0.0714. The molecule has 2 rings (SSSR count). The second-order valence-electron chi connectivity index (χ2n) is 6.03. The quantitative estimate of drug-likeness (QED) is 0.741. The molecule has 1 saturated carbocycles. The van der Waals surface area contributed by atoms with Crippen molar-refractivity contribution in [3.63, 3.8) is 0 Å². The summed E-state index contributed by atoms with van der Waals surface area (Å²) in [5.74, 6) is 0.868. The smallest absolute Gasteiger partial charge is 0.255 e. The van der Waals surface area contributed by atoms with Crippen LogP contribution in [0.3, 0.4) is 0 Å². The summed E-state index contributed by atoms with van der Waals surface area (Å²) in [6.07, 6.45) is 3.63. The minimum Gasteiger partial charge on any atom is -0.496 e. The SMILES string of the molecule is COc1cc(N)ccc1C(=O)NC1(CO)CCC(C)CC1. The molecule has 0 bridgehead atoms. The summed E-state index contributed by atoms with van der Waals surface area (Å²) < 4.78 is 5.22. The number of carbonyl (C=O) groups is 1. The van der Waals surface area contributed by atoms with E-state index in [-0.39, 0.29) is 12.5 Å². The number of rotatable bonds is 4. The van der Waals surface area contributed by atoms with Crippen LogP contribution in [0.15, 0.2) is 18.2 Å². The molecule has 0 spiro atoms. The first kappa shape index (κ1) is 15.6. The number of anilines is 1. The summed E-state index contributed by atoms with van der Waals surface area (Å²) in [6.45, 7) is 2.16. The standard InChI is InChI=1S/C16H24N2O3/c1-11-5-7-16(10-19,8-6-11)18-15(20)13-4-3-12(17)9-14(13)21-2/h3-4,9,11,19H,5-8,10,17H2,1-2H3,(H,18,20). The normalized spacial score (nSPS) is 25.4. The van der Waals surface area contributed by atoms with Crippen LogP contribution in [-0.2, 0) is 0 Å². The first-order chi connectivity index (χ1) is 9.99. The van der Waals surface area contributed by atoms with E-state index in [2.05, 4.69) is 12.2 Å². The lowest BCUT2D eigenvalue weighted by Gasteiger charge is -2.38. The van der Waals surface area contributed by atoms with Crippen molar-refractivity contribution in [3.05, 3.63) is 23.8 Å². The molecule has 0 heterocycles. The molecule has 4 N–H and O–H groups in total. The zero-order valence-corrected chi connectivity index (χ0v) is 12.7. The monoisotopic (exact) mass is 292 g/mol. The van der Waals surface area contributed by atoms with Crippen LogP contribution >= 0.6 is 0 Å². The molecule has 1 amide bonds. The van der Waals surface area contributed by atoms with Crippen LogP contribution < -0.4 is 15.8 Å². The van der Waals surface area contributed by atoms with Gasteiger partial charge in [-0.1, -0.05) is 6.92 Å². The Bertz CT molecular complexity index is 508. The van der Waals surface area contributed by atoms with E-state index < -0.39 is 5.54 Å². The van der Waals surface area contributed by atoms with Gasteiger partial charge in [0.1, 0.15) is 5.75 Å². The zero-order valence-electron chi connectivity index (χ0n) is 12.7. The molecule has 5 nitrogen and oxygen atoms in total. The topological polar surface area (TPSA) is 84.6 Å². The van der Waals surface area contributed by atoms with E-state index in [0.29, 0.717) is 22.9 Å². The maximum Gasteiger partial charge on any atom is 0.255 e. The molecule has 0 aliphatic heterocycles. The molecular weight excluding hydrogens is 268 g/mol. The largest absolute Gasteiger partial charge is 0.496 e. The lowest BCUT2D eigenvalue weighted by Crippen LogP contribution is -2.53. The average molecular weight is 292 g/mol. The van der Waals surface area contributed by atoms with Crippen molar-refractivity contribution in [3.8, 4) is 5.75 Å². The summed E-state index contributed by atoms with van der Waals surface area (Å²) in [4.78, 5) is 12.5. The fourth-order valence-electron chi connectivity index (χ4n) is 2.84. The average Bonchev–Trinajstić information content (AvgIpc) is 2.49. The number of nitrogen functional groups attached to an aromatic ring is 1. The van der Waals surface area contributed by atoms with Crippen molar-refractivity contribution in [1.29, 1.82) is 0 Å². The van der Waals surface area contributed by atoms with Crippen LogP contribution in [0.2, 0.25) is 0 Å². The number of benzene rings is 1. The Morgan fingerprint density at radius 3 is 2.71 bits per heavy atom. The molecule has 1 aliphatic rings. The number of nitrogens with two attached hydrogens (primary N) is 1. The molecule has 1 aliphatic carbocycles. The molecule has 0 atom stereocenters. The first-order valence-corrected chi connectivity index (χ1v) is 7.36. The van der Waals surface area contributed by atoms with Gasteiger partial charge in [0.2, 0.25) is 0 Å². The molecule has 0 unspecified atom stereocenters. The predicted octanol–water partition coefficient (Wildman–Crippen LogP) is 1.95. The van der Waals surface area contributed by atoms with Crippen molar-refractivity contribution in [2.45, 2.75) is 38.1 Å². The van der Waals surface area contributed by atoms with Crippen LogP contribution in [0.25, 0.3) is 0 Å².